The second-order valence-corrected chi connectivity index (χ2v) is 9.48. The molecule has 1 N–H and O–H groups in total. The predicted octanol–water partition coefficient (Wildman–Crippen LogP) is 2.53. The Morgan fingerprint density at radius 3 is 2.41 bits per heavy atom. The molecule has 0 aliphatic carbocycles. The van der Waals surface area contributed by atoms with Crippen LogP contribution in [0.25, 0.3) is 0 Å². The highest BCUT2D eigenvalue weighted by Gasteiger charge is 2.41. The van der Waals surface area contributed by atoms with Crippen LogP contribution in [0.4, 0.5) is 10.1 Å². The van der Waals surface area contributed by atoms with E-state index < -0.39 is 17.8 Å². The molecular formula is C26H29FN4O3. The van der Waals surface area contributed by atoms with Crippen molar-refractivity contribution < 1.29 is 18.8 Å². The molecule has 8 heteroatoms. The van der Waals surface area contributed by atoms with Crippen LogP contribution in [0, 0.1) is 19.7 Å². The molecular weight excluding hydrogens is 435 g/mol. The van der Waals surface area contributed by atoms with E-state index in [0.717, 1.165) is 44.0 Å². The van der Waals surface area contributed by atoms with Crippen molar-refractivity contribution in [1.29, 1.82) is 0 Å². The average molecular weight is 465 g/mol. The first-order chi connectivity index (χ1) is 16.3. The topological polar surface area (TPSA) is 73.0 Å². The number of benzene rings is 2. The summed E-state index contributed by atoms with van der Waals surface area (Å²) >= 11 is 0. The number of carbonyl (C=O) groups is 3. The fraction of sp³-hybridized carbons (Fsp3) is 0.423. The maximum Gasteiger partial charge on any atom is 0.255 e. The van der Waals surface area contributed by atoms with Gasteiger partial charge in [-0.05, 0) is 49.1 Å². The van der Waals surface area contributed by atoms with Crippen molar-refractivity contribution in [2.24, 2.45) is 0 Å². The Balaban J connectivity index is 1.32. The van der Waals surface area contributed by atoms with E-state index in [1.54, 1.807) is 0 Å². The number of hydrogen-bond donors (Lipinski definition) is 1. The number of anilines is 1. The van der Waals surface area contributed by atoms with Crippen LogP contribution >= 0.6 is 0 Å². The summed E-state index contributed by atoms with van der Waals surface area (Å²) in [6, 6.07) is 8.42. The quantitative estimate of drug-likeness (QED) is 0.704. The summed E-state index contributed by atoms with van der Waals surface area (Å²) in [7, 11) is 0. The van der Waals surface area contributed by atoms with Gasteiger partial charge >= 0.3 is 0 Å². The molecule has 3 heterocycles. The molecule has 5 rings (SSSR count). The van der Waals surface area contributed by atoms with E-state index in [9.17, 15) is 18.8 Å². The number of piperidine rings is 1. The molecule has 2 aromatic rings. The molecule has 1 atom stereocenters. The third kappa shape index (κ3) is 4.07. The van der Waals surface area contributed by atoms with E-state index >= 15 is 0 Å². The molecule has 0 spiro atoms. The van der Waals surface area contributed by atoms with Crippen molar-refractivity contribution in [2.75, 3.05) is 31.1 Å². The zero-order valence-electron chi connectivity index (χ0n) is 19.6. The minimum absolute atomic E-state index is 0.195. The Labute approximate surface area is 198 Å². The van der Waals surface area contributed by atoms with E-state index in [-0.39, 0.29) is 24.8 Å². The van der Waals surface area contributed by atoms with Crippen molar-refractivity contribution in [3.63, 3.8) is 0 Å². The highest BCUT2D eigenvalue weighted by atomic mass is 19.1. The summed E-state index contributed by atoms with van der Waals surface area (Å²) in [4.78, 5) is 43.0. The molecule has 178 valence electrons. The van der Waals surface area contributed by atoms with Crippen molar-refractivity contribution in [3.05, 3.63) is 64.0 Å². The maximum atomic E-state index is 14.6. The molecule has 34 heavy (non-hydrogen) atoms. The molecule has 0 aromatic heterocycles. The van der Waals surface area contributed by atoms with Gasteiger partial charge in [-0.3, -0.25) is 24.6 Å². The number of nitrogens with zero attached hydrogens (tertiary/aromatic N) is 3. The summed E-state index contributed by atoms with van der Waals surface area (Å²) in [5, 5.41) is 2.31. The van der Waals surface area contributed by atoms with Gasteiger partial charge in [0.2, 0.25) is 11.8 Å². The molecule has 3 aliphatic heterocycles. The molecule has 2 saturated heterocycles. The standard InChI is InChI=1S/C26H29FN4O3/c1-16-4-3-5-17(2)20(16)14-29-8-10-30(11-9-29)23-13-18(27)12-19-21(23)15-31(26(19)34)22-6-7-24(32)28-25(22)33/h3-5,12-13,22H,6-11,14-15H2,1-2H3,(H,28,32,33). The number of rotatable bonds is 4. The summed E-state index contributed by atoms with van der Waals surface area (Å²) < 4.78 is 14.6. The first kappa shape index (κ1) is 22.5. The van der Waals surface area contributed by atoms with E-state index in [0.29, 0.717) is 12.0 Å². The predicted molar refractivity (Wildman–Crippen MR) is 126 cm³/mol. The number of aryl methyl sites for hydroxylation is 2. The van der Waals surface area contributed by atoms with Gasteiger partial charge in [-0.1, -0.05) is 18.2 Å². The van der Waals surface area contributed by atoms with Gasteiger partial charge in [-0.25, -0.2) is 4.39 Å². The zero-order chi connectivity index (χ0) is 24.0. The first-order valence-corrected chi connectivity index (χ1v) is 11.8. The minimum Gasteiger partial charge on any atom is -0.369 e. The lowest BCUT2D eigenvalue weighted by molar-refractivity contribution is -0.136. The molecule has 0 bridgehead atoms. The summed E-state index contributed by atoms with van der Waals surface area (Å²) in [6.45, 7) is 8.54. The number of amides is 3. The van der Waals surface area contributed by atoms with Crippen molar-refractivity contribution in [2.45, 2.75) is 45.8 Å². The van der Waals surface area contributed by atoms with Crippen LogP contribution in [0.1, 0.15) is 45.5 Å². The van der Waals surface area contributed by atoms with Gasteiger partial charge in [0.05, 0.1) is 0 Å². The van der Waals surface area contributed by atoms with Crippen LogP contribution in [0.2, 0.25) is 0 Å². The molecule has 0 radical (unpaired) electrons. The zero-order valence-corrected chi connectivity index (χ0v) is 19.6. The number of carbonyl (C=O) groups excluding carboxylic acids is 3. The van der Waals surface area contributed by atoms with Gasteiger partial charge < -0.3 is 9.80 Å². The van der Waals surface area contributed by atoms with Crippen LogP contribution in [0.5, 0.6) is 0 Å². The maximum absolute atomic E-state index is 14.6. The largest absolute Gasteiger partial charge is 0.369 e. The number of piperazine rings is 1. The first-order valence-electron chi connectivity index (χ1n) is 11.8. The van der Waals surface area contributed by atoms with Crippen LogP contribution in [0.15, 0.2) is 30.3 Å². The van der Waals surface area contributed by atoms with Crippen molar-refractivity contribution in [1.82, 2.24) is 15.1 Å². The number of hydrogen-bond acceptors (Lipinski definition) is 5. The normalized spacial score (nSPS) is 21.1. The molecule has 0 saturated carbocycles. The fourth-order valence-corrected chi connectivity index (χ4v) is 5.36. The van der Waals surface area contributed by atoms with Gasteiger partial charge in [0.25, 0.3) is 5.91 Å². The third-order valence-corrected chi connectivity index (χ3v) is 7.34. The lowest BCUT2D eigenvalue weighted by atomic mass is 10.0. The van der Waals surface area contributed by atoms with Gasteiger partial charge in [0.15, 0.2) is 0 Å². The van der Waals surface area contributed by atoms with E-state index in [1.807, 2.05) is 0 Å². The molecule has 3 aliphatic rings. The smallest absolute Gasteiger partial charge is 0.255 e. The average Bonchev–Trinajstić information content (AvgIpc) is 3.12. The Morgan fingerprint density at radius 1 is 1.03 bits per heavy atom. The number of nitrogens with one attached hydrogen (secondary N) is 1. The minimum atomic E-state index is -0.706. The molecule has 7 nitrogen and oxygen atoms in total. The van der Waals surface area contributed by atoms with E-state index in [1.165, 1.54) is 33.7 Å². The second kappa shape index (κ2) is 8.83. The van der Waals surface area contributed by atoms with Gasteiger partial charge in [0.1, 0.15) is 11.9 Å². The van der Waals surface area contributed by atoms with Gasteiger partial charge in [-0.15, -0.1) is 0 Å². The SMILES string of the molecule is Cc1cccc(C)c1CN1CCN(c2cc(F)cc3c2CN(C2CCC(=O)NC2=O)C3=O)CC1. The molecule has 2 fully saturated rings. The number of fused-ring (bicyclic) bond motifs is 1. The summed E-state index contributed by atoms with van der Waals surface area (Å²) in [5.41, 5.74) is 5.74. The van der Waals surface area contributed by atoms with Gasteiger partial charge in [-0.2, -0.15) is 0 Å². The lowest BCUT2D eigenvalue weighted by Crippen LogP contribution is -2.52. The number of imide groups is 1. The van der Waals surface area contributed by atoms with E-state index in [4.69, 9.17) is 0 Å². The summed E-state index contributed by atoms with van der Waals surface area (Å²) in [5.74, 6) is -1.58. The highest BCUT2D eigenvalue weighted by Crippen LogP contribution is 2.35. The Bertz CT molecular complexity index is 1150. The molecule has 3 amide bonds. The third-order valence-electron chi connectivity index (χ3n) is 7.34. The van der Waals surface area contributed by atoms with Gasteiger partial charge in [0, 0.05) is 62.5 Å². The van der Waals surface area contributed by atoms with Crippen molar-refractivity contribution >= 4 is 23.4 Å². The Morgan fingerprint density at radius 2 is 1.74 bits per heavy atom. The number of halogens is 1. The molecule has 2 aromatic carbocycles. The van der Waals surface area contributed by atoms with E-state index in [2.05, 4.69) is 47.2 Å². The monoisotopic (exact) mass is 464 g/mol. The fourth-order valence-electron chi connectivity index (χ4n) is 5.36. The van der Waals surface area contributed by atoms with Crippen LogP contribution in [0.3, 0.4) is 0 Å². The lowest BCUT2D eigenvalue weighted by Gasteiger charge is -2.37. The van der Waals surface area contributed by atoms with Crippen LogP contribution < -0.4 is 10.2 Å². The van der Waals surface area contributed by atoms with Crippen molar-refractivity contribution in [3.8, 4) is 0 Å². The Hall–Kier alpha value is -3.26. The Kier molecular flexibility index (Phi) is 5.85. The highest BCUT2D eigenvalue weighted by molar-refractivity contribution is 6.06. The van der Waals surface area contributed by atoms with Crippen LogP contribution in [-0.4, -0.2) is 59.7 Å². The van der Waals surface area contributed by atoms with Crippen LogP contribution in [-0.2, 0) is 22.7 Å². The summed E-state index contributed by atoms with van der Waals surface area (Å²) in [6.07, 6.45) is 0.485. The second-order valence-electron chi connectivity index (χ2n) is 9.48. The molecule has 1 unspecified atom stereocenters.